The molecule has 0 bridgehead atoms. The van der Waals surface area contributed by atoms with Gasteiger partial charge in [0.2, 0.25) is 0 Å². The number of pyridine rings is 2. The normalized spacial score (nSPS) is 11.5. The van der Waals surface area contributed by atoms with Crippen LogP contribution in [-0.4, -0.2) is 19.1 Å². The standard InChI is InChI=1S/C23H15ClF2N4OS/c1-12-17(4-3-9-27-12)30-18-10-13(24)5-7-15(18)21-20(22(30)31)28-23(29(21)2)32-19-8-6-14(25)11-16(19)26/h3-11H,1-2H3. The van der Waals surface area contributed by atoms with Crippen molar-refractivity contribution in [1.29, 1.82) is 0 Å². The topological polar surface area (TPSA) is 52.7 Å². The molecule has 0 aliphatic heterocycles. The monoisotopic (exact) mass is 468 g/mol. The molecule has 0 spiro atoms. The molecule has 0 radical (unpaired) electrons. The Bertz CT molecular complexity index is 1600. The zero-order chi connectivity index (χ0) is 22.6. The van der Waals surface area contributed by atoms with E-state index in [1.54, 1.807) is 40.6 Å². The molecular weight excluding hydrogens is 454 g/mol. The van der Waals surface area contributed by atoms with Gasteiger partial charge >= 0.3 is 0 Å². The van der Waals surface area contributed by atoms with Gasteiger partial charge in [0.25, 0.3) is 5.56 Å². The molecule has 160 valence electrons. The lowest BCUT2D eigenvalue weighted by molar-refractivity contribution is 0.565. The van der Waals surface area contributed by atoms with Crippen molar-refractivity contribution in [3.05, 3.63) is 87.4 Å². The third kappa shape index (κ3) is 3.27. The van der Waals surface area contributed by atoms with Crippen LogP contribution in [0.25, 0.3) is 27.6 Å². The summed E-state index contributed by atoms with van der Waals surface area (Å²) in [4.78, 5) is 22.7. The third-order valence-electron chi connectivity index (χ3n) is 5.23. The van der Waals surface area contributed by atoms with Gasteiger partial charge in [-0.25, -0.2) is 13.8 Å². The molecule has 5 nitrogen and oxygen atoms in total. The minimum absolute atomic E-state index is 0.209. The second-order valence-electron chi connectivity index (χ2n) is 7.24. The van der Waals surface area contributed by atoms with Crippen molar-refractivity contribution in [2.75, 3.05) is 0 Å². The van der Waals surface area contributed by atoms with E-state index in [0.717, 1.165) is 23.2 Å². The largest absolute Gasteiger partial charge is 0.321 e. The van der Waals surface area contributed by atoms with Crippen molar-refractivity contribution in [2.45, 2.75) is 17.0 Å². The molecular formula is C23H15ClF2N4OS. The molecule has 0 N–H and O–H groups in total. The molecule has 2 aromatic carbocycles. The van der Waals surface area contributed by atoms with Crippen LogP contribution in [0.1, 0.15) is 5.69 Å². The number of benzene rings is 2. The van der Waals surface area contributed by atoms with Crippen molar-refractivity contribution in [3.8, 4) is 5.69 Å². The lowest BCUT2D eigenvalue weighted by Gasteiger charge is -2.13. The van der Waals surface area contributed by atoms with Gasteiger partial charge in [-0.15, -0.1) is 0 Å². The molecule has 3 aromatic heterocycles. The van der Waals surface area contributed by atoms with Gasteiger partial charge < -0.3 is 4.57 Å². The van der Waals surface area contributed by atoms with Crippen molar-refractivity contribution >= 4 is 45.3 Å². The van der Waals surface area contributed by atoms with Crippen LogP contribution in [-0.2, 0) is 7.05 Å². The van der Waals surface area contributed by atoms with Crippen molar-refractivity contribution in [1.82, 2.24) is 19.1 Å². The highest BCUT2D eigenvalue weighted by Gasteiger charge is 2.21. The van der Waals surface area contributed by atoms with Gasteiger partial charge in [-0.3, -0.25) is 14.3 Å². The van der Waals surface area contributed by atoms with Crippen LogP contribution < -0.4 is 5.56 Å². The van der Waals surface area contributed by atoms with E-state index >= 15 is 0 Å². The number of fused-ring (bicyclic) bond motifs is 3. The van der Waals surface area contributed by atoms with Gasteiger partial charge in [0.1, 0.15) is 11.6 Å². The minimum atomic E-state index is -0.693. The molecule has 0 aliphatic rings. The molecule has 5 rings (SSSR count). The lowest BCUT2D eigenvalue weighted by Crippen LogP contribution is -2.20. The molecule has 0 aliphatic carbocycles. The number of rotatable bonds is 3. The average molecular weight is 469 g/mol. The van der Waals surface area contributed by atoms with E-state index in [0.29, 0.717) is 32.6 Å². The van der Waals surface area contributed by atoms with E-state index < -0.39 is 11.6 Å². The van der Waals surface area contributed by atoms with Crippen molar-refractivity contribution in [3.63, 3.8) is 0 Å². The minimum Gasteiger partial charge on any atom is -0.321 e. The predicted octanol–water partition coefficient (Wildman–Crippen LogP) is 5.66. The number of nitrogens with zero attached hydrogens (tertiary/aromatic N) is 4. The predicted molar refractivity (Wildman–Crippen MR) is 122 cm³/mol. The Kier molecular flexibility index (Phi) is 4.98. The molecule has 32 heavy (non-hydrogen) atoms. The number of halogens is 3. The summed E-state index contributed by atoms with van der Waals surface area (Å²) >= 11 is 7.30. The number of aromatic nitrogens is 4. The highest BCUT2D eigenvalue weighted by atomic mass is 35.5. The van der Waals surface area contributed by atoms with Crippen molar-refractivity contribution < 1.29 is 8.78 Å². The Morgan fingerprint density at radius 1 is 1.09 bits per heavy atom. The fourth-order valence-corrected chi connectivity index (χ4v) is 4.76. The fraction of sp³-hybridized carbons (Fsp3) is 0.0870. The Morgan fingerprint density at radius 3 is 2.66 bits per heavy atom. The average Bonchev–Trinajstić information content (AvgIpc) is 3.08. The molecule has 3 heterocycles. The Balaban J connectivity index is 1.83. The maximum Gasteiger partial charge on any atom is 0.283 e. The molecule has 0 fully saturated rings. The summed E-state index contributed by atoms with van der Waals surface area (Å²) in [6, 6.07) is 12.2. The Labute approximate surface area is 190 Å². The maximum absolute atomic E-state index is 14.2. The van der Waals surface area contributed by atoms with Crippen LogP contribution in [0.4, 0.5) is 8.78 Å². The van der Waals surface area contributed by atoms with Gasteiger partial charge in [0, 0.05) is 29.7 Å². The summed E-state index contributed by atoms with van der Waals surface area (Å²) in [5, 5.41) is 1.64. The van der Waals surface area contributed by atoms with Crippen LogP contribution in [0.15, 0.2) is 69.6 Å². The summed E-state index contributed by atoms with van der Waals surface area (Å²) in [5.74, 6) is -1.35. The van der Waals surface area contributed by atoms with E-state index in [1.807, 2.05) is 19.1 Å². The Morgan fingerprint density at radius 2 is 1.91 bits per heavy atom. The maximum atomic E-state index is 14.2. The summed E-state index contributed by atoms with van der Waals surface area (Å²) in [5.41, 5.74) is 2.40. The van der Waals surface area contributed by atoms with Crippen molar-refractivity contribution in [2.24, 2.45) is 7.05 Å². The first-order chi connectivity index (χ1) is 15.3. The Hall–Kier alpha value is -3.23. The van der Waals surface area contributed by atoms with E-state index in [4.69, 9.17) is 11.6 Å². The lowest BCUT2D eigenvalue weighted by atomic mass is 10.1. The molecule has 5 aromatic rings. The molecule has 0 atom stereocenters. The van der Waals surface area contributed by atoms with Gasteiger partial charge in [0.15, 0.2) is 10.7 Å². The van der Waals surface area contributed by atoms with Crippen LogP contribution in [0.3, 0.4) is 0 Å². The number of imidazole rings is 1. The van der Waals surface area contributed by atoms with Crippen LogP contribution in [0.2, 0.25) is 5.02 Å². The number of aryl methyl sites for hydroxylation is 2. The van der Waals surface area contributed by atoms with Gasteiger partial charge in [-0.05, 0) is 61.2 Å². The second kappa shape index (κ2) is 7.72. The van der Waals surface area contributed by atoms with Crippen LogP contribution in [0.5, 0.6) is 0 Å². The van der Waals surface area contributed by atoms with E-state index in [1.165, 1.54) is 12.1 Å². The summed E-state index contributed by atoms with van der Waals surface area (Å²) in [6.07, 6.45) is 1.66. The summed E-state index contributed by atoms with van der Waals surface area (Å²) in [6.45, 7) is 1.82. The summed E-state index contributed by atoms with van der Waals surface area (Å²) in [7, 11) is 1.76. The SMILES string of the molecule is Cc1ncccc1-n1c(=O)c2nc(Sc3ccc(F)cc3F)n(C)c2c2ccc(Cl)cc21. The second-order valence-corrected chi connectivity index (χ2v) is 8.68. The van der Waals surface area contributed by atoms with Crippen LogP contribution >= 0.6 is 23.4 Å². The molecule has 0 saturated carbocycles. The van der Waals surface area contributed by atoms with Gasteiger partial charge in [-0.2, -0.15) is 0 Å². The third-order valence-corrected chi connectivity index (χ3v) is 6.56. The highest BCUT2D eigenvalue weighted by Crippen LogP contribution is 2.34. The number of hydrogen-bond acceptors (Lipinski definition) is 4. The fourth-order valence-electron chi connectivity index (χ4n) is 3.74. The highest BCUT2D eigenvalue weighted by molar-refractivity contribution is 7.99. The van der Waals surface area contributed by atoms with E-state index in [2.05, 4.69) is 9.97 Å². The first-order valence-electron chi connectivity index (χ1n) is 9.60. The van der Waals surface area contributed by atoms with E-state index in [-0.39, 0.29) is 16.0 Å². The van der Waals surface area contributed by atoms with Crippen LogP contribution in [0, 0.1) is 18.6 Å². The van der Waals surface area contributed by atoms with E-state index in [9.17, 15) is 13.6 Å². The molecule has 0 saturated heterocycles. The van der Waals surface area contributed by atoms with Gasteiger partial charge in [-0.1, -0.05) is 11.6 Å². The zero-order valence-corrected chi connectivity index (χ0v) is 18.5. The zero-order valence-electron chi connectivity index (χ0n) is 16.9. The first kappa shape index (κ1) is 20.7. The molecule has 0 amide bonds. The number of hydrogen-bond donors (Lipinski definition) is 0. The molecule has 9 heteroatoms. The van der Waals surface area contributed by atoms with Gasteiger partial charge in [0.05, 0.1) is 27.3 Å². The molecule has 0 unspecified atom stereocenters. The smallest absolute Gasteiger partial charge is 0.283 e. The first-order valence-corrected chi connectivity index (χ1v) is 10.8. The quantitative estimate of drug-likeness (QED) is 0.342. The summed E-state index contributed by atoms with van der Waals surface area (Å²) < 4.78 is 30.8.